The van der Waals surface area contributed by atoms with Crippen LogP contribution in [0.25, 0.3) is 0 Å². The van der Waals surface area contributed by atoms with Gasteiger partial charge in [0.25, 0.3) is 0 Å². The highest BCUT2D eigenvalue weighted by molar-refractivity contribution is 8.14. The minimum absolute atomic E-state index is 0.106. The van der Waals surface area contributed by atoms with Gasteiger partial charge in [-0.15, -0.1) is 0 Å². The molecule has 1 unspecified atom stereocenters. The molecule has 1 aliphatic rings. The second kappa shape index (κ2) is 8.28. The van der Waals surface area contributed by atoms with Gasteiger partial charge in [-0.25, -0.2) is 4.79 Å². The van der Waals surface area contributed by atoms with E-state index < -0.39 is 12.0 Å². The van der Waals surface area contributed by atoms with E-state index in [4.69, 9.17) is 10.8 Å². The van der Waals surface area contributed by atoms with E-state index in [1.54, 1.807) is 11.8 Å². The van der Waals surface area contributed by atoms with Gasteiger partial charge in [-0.3, -0.25) is 9.79 Å². The molecule has 1 aliphatic heterocycles. The molecule has 16 heavy (non-hydrogen) atoms. The van der Waals surface area contributed by atoms with Crippen LogP contribution >= 0.6 is 24.4 Å². The van der Waals surface area contributed by atoms with Crippen molar-refractivity contribution in [1.29, 1.82) is 0 Å². The number of nitrogens with one attached hydrogen (secondary N) is 1. The van der Waals surface area contributed by atoms with E-state index in [1.165, 1.54) is 6.92 Å². The molecule has 1 atom stereocenters. The number of rotatable bonds is 3. The normalized spacial score (nSPS) is 15.5. The van der Waals surface area contributed by atoms with E-state index in [0.717, 1.165) is 17.5 Å². The Morgan fingerprint density at radius 1 is 1.75 bits per heavy atom. The molecule has 1 amide bonds. The first-order valence-corrected chi connectivity index (χ1v) is 6.12. The molecular formula is C8H15N3O3S2. The number of carboxylic acids is 1. The van der Waals surface area contributed by atoms with Crippen LogP contribution in [0.2, 0.25) is 0 Å². The minimum atomic E-state index is -1.06. The lowest BCUT2D eigenvalue weighted by Crippen LogP contribution is -2.40. The molecule has 0 aromatic carbocycles. The van der Waals surface area contributed by atoms with Crippen molar-refractivity contribution in [3.05, 3.63) is 0 Å². The highest BCUT2D eigenvalue weighted by atomic mass is 32.2. The average molecular weight is 265 g/mol. The lowest BCUT2D eigenvalue weighted by atomic mass is 10.3. The van der Waals surface area contributed by atoms with Crippen molar-refractivity contribution < 1.29 is 14.7 Å². The maximum Gasteiger partial charge on any atom is 0.327 e. The smallest absolute Gasteiger partial charge is 0.327 e. The summed E-state index contributed by atoms with van der Waals surface area (Å²) in [7, 11) is 0. The van der Waals surface area contributed by atoms with Gasteiger partial charge in [-0.1, -0.05) is 11.8 Å². The molecule has 92 valence electrons. The fourth-order valence-corrected chi connectivity index (χ4v) is 1.60. The lowest BCUT2D eigenvalue weighted by Gasteiger charge is -2.08. The molecule has 0 spiro atoms. The van der Waals surface area contributed by atoms with E-state index in [-0.39, 0.29) is 11.7 Å². The number of carboxylic acid groups (broad SMARTS) is 1. The van der Waals surface area contributed by atoms with Gasteiger partial charge < -0.3 is 16.2 Å². The van der Waals surface area contributed by atoms with Gasteiger partial charge >= 0.3 is 5.97 Å². The number of aliphatic carboxylic acids is 1. The summed E-state index contributed by atoms with van der Waals surface area (Å²) in [6.45, 7) is 2.18. The number of nitrogens with two attached hydrogens (primary N) is 1. The molecule has 0 radical (unpaired) electrons. The van der Waals surface area contributed by atoms with Crippen molar-refractivity contribution in [2.45, 2.75) is 13.0 Å². The minimum Gasteiger partial charge on any atom is -0.480 e. The summed E-state index contributed by atoms with van der Waals surface area (Å²) in [5.41, 5.74) is 5.25. The van der Waals surface area contributed by atoms with Gasteiger partial charge in [0.1, 0.15) is 6.04 Å². The van der Waals surface area contributed by atoms with Gasteiger partial charge in [0, 0.05) is 18.4 Å². The molecule has 0 saturated carbocycles. The van der Waals surface area contributed by atoms with Gasteiger partial charge in [0.05, 0.1) is 6.54 Å². The molecule has 8 heteroatoms. The number of thiol groups is 1. The van der Waals surface area contributed by atoms with Crippen LogP contribution < -0.4 is 11.1 Å². The summed E-state index contributed by atoms with van der Waals surface area (Å²) in [5, 5.41) is 11.3. The SMILES string of the molecule is CC(=O)NC(CS)C(=O)O.NC1=NCCS1. The molecular weight excluding hydrogens is 250 g/mol. The average Bonchev–Trinajstić information content (AvgIpc) is 2.65. The first-order chi connectivity index (χ1) is 7.47. The van der Waals surface area contributed by atoms with Gasteiger partial charge in [0.15, 0.2) is 5.17 Å². The summed E-state index contributed by atoms with van der Waals surface area (Å²) in [5.74, 6) is -0.243. The molecule has 1 rings (SSSR count). The Balaban J connectivity index is 0.000000315. The Hall–Kier alpha value is -0.890. The first kappa shape index (κ1) is 15.1. The predicted molar refractivity (Wildman–Crippen MR) is 68.0 cm³/mol. The Labute approximate surface area is 103 Å². The Bertz CT molecular complexity index is 284. The van der Waals surface area contributed by atoms with Crippen molar-refractivity contribution >= 4 is 41.4 Å². The van der Waals surface area contributed by atoms with E-state index in [1.807, 2.05) is 0 Å². The second-order valence-electron chi connectivity index (χ2n) is 2.84. The maximum atomic E-state index is 10.3. The third-order valence-corrected chi connectivity index (χ3v) is 2.64. The van der Waals surface area contributed by atoms with Crippen LogP contribution in [0, 0.1) is 0 Å². The van der Waals surface area contributed by atoms with Crippen molar-refractivity contribution in [2.75, 3.05) is 18.1 Å². The number of amidine groups is 1. The highest BCUT2D eigenvalue weighted by Gasteiger charge is 2.15. The molecule has 0 aliphatic carbocycles. The Kier molecular flexibility index (Phi) is 7.82. The van der Waals surface area contributed by atoms with Gasteiger partial charge in [-0.2, -0.15) is 12.6 Å². The molecule has 0 aromatic rings. The van der Waals surface area contributed by atoms with Crippen molar-refractivity contribution in [2.24, 2.45) is 10.7 Å². The molecule has 0 aromatic heterocycles. The summed E-state index contributed by atoms with van der Waals surface area (Å²) < 4.78 is 0. The molecule has 4 N–H and O–H groups in total. The predicted octanol–water partition coefficient (Wildman–Crippen LogP) is -0.447. The summed E-state index contributed by atoms with van der Waals surface area (Å²) in [4.78, 5) is 24.4. The van der Waals surface area contributed by atoms with Crippen LogP contribution in [-0.2, 0) is 9.59 Å². The van der Waals surface area contributed by atoms with Crippen LogP contribution in [0.3, 0.4) is 0 Å². The monoisotopic (exact) mass is 265 g/mol. The van der Waals surface area contributed by atoms with Gasteiger partial charge in [-0.05, 0) is 0 Å². The van der Waals surface area contributed by atoms with E-state index in [2.05, 4.69) is 22.9 Å². The number of aliphatic imine (C=N–C) groups is 1. The zero-order valence-corrected chi connectivity index (χ0v) is 10.6. The van der Waals surface area contributed by atoms with Crippen LogP contribution in [0.1, 0.15) is 6.92 Å². The third-order valence-electron chi connectivity index (χ3n) is 1.47. The van der Waals surface area contributed by atoms with Crippen LogP contribution in [0.4, 0.5) is 0 Å². The van der Waals surface area contributed by atoms with E-state index in [0.29, 0.717) is 0 Å². The Morgan fingerprint density at radius 2 is 2.38 bits per heavy atom. The van der Waals surface area contributed by atoms with Crippen molar-refractivity contribution in [3.8, 4) is 0 Å². The van der Waals surface area contributed by atoms with E-state index >= 15 is 0 Å². The van der Waals surface area contributed by atoms with E-state index in [9.17, 15) is 9.59 Å². The number of nitrogens with zero attached hydrogens (tertiary/aromatic N) is 1. The number of carbonyl (C=O) groups excluding carboxylic acids is 1. The number of hydrogen-bond donors (Lipinski definition) is 4. The zero-order valence-electron chi connectivity index (χ0n) is 8.84. The molecule has 0 bridgehead atoms. The fourth-order valence-electron chi connectivity index (χ4n) is 0.783. The molecule has 0 fully saturated rings. The van der Waals surface area contributed by atoms with Crippen molar-refractivity contribution in [1.82, 2.24) is 5.32 Å². The second-order valence-corrected chi connectivity index (χ2v) is 4.32. The molecule has 1 heterocycles. The topological polar surface area (TPSA) is 105 Å². The maximum absolute atomic E-state index is 10.3. The quantitative estimate of drug-likeness (QED) is 0.518. The number of hydrogen-bond acceptors (Lipinski definition) is 6. The molecule has 0 saturated heterocycles. The van der Waals surface area contributed by atoms with Crippen LogP contribution in [-0.4, -0.2) is 46.2 Å². The number of amides is 1. The number of carbonyl (C=O) groups is 2. The fraction of sp³-hybridized carbons (Fsp3) is 0.625. The summed E-state index contributed by atoms with van der Waals surface area (Å²) >= 11 is 5.36. The Morgan fingerprint density at radius 3 is 2.50 bits per heavy atom. The standard InChI is InChI=1S/C5H9NO3S.C3H6N2S/c1-3(7)6-4(2-10)5(8)9;4-3-5-1-2-6-3/h4,10H,2H2,1H3,(H,6,7)(H,8,9);1-2H2,(H2,4,5). The lowest BCUT2D eigenvalue weighted by molar-refractivity contribution is -0.140. The summed E-state index contributed by atoms with van der Waals surface area (Å²) in [6, 6.07) is -0.874. The molecule has 6 nitrogen and oxygen atoms in total. The van der Waals surface area contributed by atoms with Crippen molar-refractivity contribution in [3.63, 3.8) is 0 Å². The summed E-state index contributed by atoms with van der Waals surface area (Å²) in [6.07, 6.45) is 0. The highest BCUT2D eigenvalue weighted by Crippen LogP contribution is 2.05. The van der Waals surface area contributed by atoms with Gasteiger partial charge in [0.2, 0.25) is 5.91 Å². The number of thioether (sulfide) groups is 1. The van der Waals surface area contributed by atoms with Crippen LogP contribution in [0.15, 0.2) is 4.99 Å². The van der Waals surface area contributed by atoms with Crippen LogP contribution in [0.5, 0.6) is 0 Å². The third kappa shape index (κ3) is 7.41. The largest absolute Gasteiger partial charge is 0.480 e. The first-order valence-electron chi connectivity index (χ1n) is 4.50. The zero-order chi connectivity index (χ0) is 12.6.